The highest BCUT2D eigenvalue weighted by Crippen LogP contribution is 2.22. The van der Waals surface area contributed by atoms with Crippen molar-refractivity contribution in [2.45, 2.75) is 11.8 Å². The molecule has 3 aromatic carbocycles. The summed E-state index contributed by atoms with van der Waals surface area (Å²) in [6.07, 6.45) is 0. The second kappa shape index (κ2) is 7.98. The van der Waals surface area contributed by atoms with Gasteiger partial charge in [-0.3, -0.25) is 4.55 Å². The fourth-order valence-electron chi connectivity index (χ4n) is 2.41. The zero-order valence-electron chi connectivity index (χ0n) is 14.2. The maximum atomic E-state index is 11.0. The van der Waals surface area contributed by atoms with E-state index in [-0.39, 0.29) is 16.0 Å². The van der Waals surface area contributed by atoms with Gasteiger partial charge in [0.05, 0.1) is 11.1 Å². The van der Waals surface area contributed by atoms with Crippen LogP contribution in [0.5, 0.6) is 0 Å². The first-order valence-electron chi connectivity index (χ1n) is 7.63. The Morgan fingerprint density at radius 3 is 2.07 bits per heavy atom. The number of rotatable bonds is 3. The molecule has 0 spiro atoms. The summed E-state index contributed by atoms with van der Waals surface area (Å²) in [5.41, 5.74) is 0.570. The van der Waals surface area contributed by atoms with Crippen molar-refractivity contribution in [2.75, 3.05) is 0 Å². The third kappa shape index (κ3) is 4.90. The molecule has 3 N–H and O–H groups in total. The van der Waals surface area contributed by atoms with Crippen molar-refractivity contribution < 1.29 is 32.8 Å². The van der Waals surface area contributed by atoms with E-state index in [0.29, 0.717) is 10.9 Å². The molecule has 0 aliphatic rings. The zero-order chi connectivity index (χ0) is 20.2. The molecule has 0 radical (unpaired) electrons. The lowest BCUT2D eigenvalue weighted by atomic mass is 10.1. The quantitative estimate of drug-likeness (QED) is 0.586. The highest BCUT2D eigenvalue weighted by molar-refractivity contribution is 7.86. The Labute approximate surface area is 155 Å². The van der Waals surface area contributed by atoms with Crippen molar-refractivity contribution in [1.82, 2.24) is 0 Å². The van der Waals surface area contributed by atoms with Gasteiger partial charge in [-0.05, 0) is 36.1 Å². The predicted octanol–water partition coefficient (Wildman–Crippen LogP) is 3.48. The molecule has 0 aliphatic heterocycles. The molecule has 8 heteroatoms. The summed E-state index contributed by atoms with van der Waals surface area (Å²) in [5, 5.41) is 18.6. The minimum Gasteiger partial charge on any atom is -0.478 e. The van der Waals surface area contributed by atoms with Gasteiger partial charge in [0.2, 0.25) is 0 Å². The van der Waals surface area contributed by atoms with Gasteiger partial charge in [0, 0.05) is 5.39 Å². The first-order chi connectivity index (χ1) is 12.6. The summed E-state index contributed by atoms with van der Waals surface area (Å²) in [7, 11) is -4.13. The number of hydrogen-bond donors (Lipinski definition) is 3. The molecule has 27 heavy (non-hydrogen) atoms. The van der Waals surface area contributed by atoms with Crippen LogP contribution in [0.2, 0.25) is 0 Å². The lowest BCUT2D eigenvalue weighted by molar-refractivity contribution is 0.0695. The maximum Gasteiger partial charge on any atom is 0.335 e. The van der Waals surface area contributed by atoms with Crippen molar-refractivity contribution in [3.8, 4) is 0 Å². The van der Waals surface area contributed by atoms with Gasteiger partial charge in [0.15, 0.2) is 0 Å². The molecule has 0 atom stereocenters. The standard InChI is InChI=1S/C10H8O3S.C9H8O4/c11-14(12,13)10-7-3-5-8-4-1-2-6-9(8)10;1-5-2-3-6(8(10)11)4-7(5)9(12)13/h1-7H,(H,11,12,13);2-4H,1H3,(H,10,11)(H,12,13). The van der Waals surface area contributed by atoms with Crippen LogP contribution in [0.1, 0.15) is 26.3 Å². The average Bonchev–Trinajstić information content (AvgIpc) is 2.61. The summed E-state index contributed by atoms with van der Waals surface area (Å²) >= 11 is 0. The first kappa shape index (κ1) is 20.1. The summed E-state index contributed by atoms with van der Waals surface area (Å²) in [5.74, 6) is -2.23. The molecule has 3 rings (SSSR count). The fourth-order valence-corrected chi connectivity index (χ4v) is 3.12. The Morgan fingerprint density at radius 2 is 1.48 bits per heavy atom. The highest BCUT2D eigenvalue weighted by Gasteiger charge is 2.12. The van der Waals surface area contributed by atoms with E-state index in [4.69, 9.17) is 14.8 Å². The van der Waals surface area contributed by atoms with Crippen molar-refractivity contribution >= 4 is 32.8 Å². The molecule has 0 unspecified atom stereocenters. The Morgan fingerprint density at radius 1 is 0.852 bits per heavy atom. The maximum absolute atomic E-state index is 11.0. The molecule has 7 nitrogen and oxygen atoms in total. The number of aryl methyl sites for hydroxylation is 1. The van der Waals surface area contributed by atoms with Crippen LogP contribution < -0.4 is 0 Å². The van der Waals surface area contributed by atoms with Crippen molar-refractivity contribution in [3.63, 3.8) is 0 Å². The molecule has 0 saturated heterocycles. The van der Waals surface area contributed by atoms with Crippen LogP contribution in [0.25, 0.3) is 10.8 Å². The van der Waals surface area contributed by atoms with Gasteiger partial charge < -0.3 is 10.2 Å². The molecule has 0 heterocycles. The molecule has 0 aliphatic carbocycles. The number of fused-ring (bicyclic) bond motifs is 1. The van der Waals surface area contributed by atoms with Gasteiger partial charge in [-0.2, -0.15) is 8.42 Å². The van der Waals surface area contributed by atoms with Crippen molar-refractivity contribution in [1.29, 1.82) is 0 Å². The second-order valence-corrected chi connectivity index (χ2v) is 6.98. The van der Waals surface area contributed by atoms with E-state index in [1.807, 2.05) is 6.07 Å². The summed E-state index contributed by atoms with van der Waals surface area (Å²) in [4.78, 5) is 21.1. The fraction of sp³-hybridized carbons (Fsp3) is 0.0526. The van der Waals surface area contributed by atoms with Gasteiger partial charge in [-0.25, -0.2) is 9.59 Å². The Balaban J connectivity index is 0.000000194. The topological polar surface area (TPSA) is 129 Å². The van der Waals surface area contributed by atoms with Crippen LogP contribution >= 0.6 is 0 Å². The average molecular weight is 388 g/mol. The van der Waals surface area contributed by atoms with Crippen molar-refractivity contribution in [2.24, 2.45) is 0 Å². The highest BCUT2D eigenvalue weighted by atomic mass is 32.2. The Kier molecular flexibility index (Phi) is 5.94. The van der Waals surface area contributed by atoms with Gasteiger partial charge in [0.25, 0.3) is 10.1 Å². The normalized spacial score (nSPS) is 10.7. The van der Waals surface area contributed by atoms with Crippen molar-refractivity contribution in [3.05, 3.63) is 77.4 Å². The zero-order valence-corrected chi connectivity index (χ0v) is 15.0. The van der Waals surface area contributed by atoms with E-state index in [1.165, 1.54) is 18.2 Å². The van der Waals surface area contributed by atoms with Crippen LogP contribution in [-0.4, -0.2) is 35.1 Å². The van der Waals surface area contributed by atoms with E-state index in [9.17, 15) is 18.0 Å². The minimum atomic E-state index is -4.13. The smallest absolute Gasteiger partial charge is 0.335 e. The predicted molar refractivity (Wildman–Crippen MR) is 98.9 cm³/mol. The van der Waals surface area contributed by atoms with E-state index < -0.39 is 22.1 Å². The van der Waals surface area contributed by atoms with E-state index in [1.54, 1.807) is 37.3 Å². The number of carboxylic acids is 2. The first-order valence-corrected chi connectivity index (χ1v) is 9.07. The monoisotopic (exact) mass is 388 g/mol. The third-order valence-electron chi connectivity index (χ3n) is 3.74. The summed E-state index contributed by atoms with van der Waals surface area (Å²) in [6.45, 7) is 1.62. The van der Waals surface area contributed by atoms with Crippen LogP contribution in [-0.2, 0) is 10.1 Å². The molecule has 0 saturated carbocycles. The van der Waals surface area contributed by atoms with Gasteiger partial charge >= 0.3 is 11.9 Å². The SMILES string of the molecule is Cc1ccc(C(=O)O)cc1C(=O)O.O=S(=O)(O)c1cccc2ccccc12. The summed E-state index contributed by atoms with van der Waals surface area (Å²) in [6, 6.07) is 15.8. The molecule has 140 valence electrons. The number of carboxylic acid groups (broad SMARTS) is 2. The second-order valence-electron chi connectivity index (χ2n) is 5.59. The van der Waals surface area contributed by atoms with Crippen LogP contribution in [0.4, 0.5) is 0 Å². The molecule has 0 amide bonds. The van der Waals surface area contributed by atoms with Crippen LogP contribution in [0.15, 0.2) is 65.6 Å². The van der Waals surface area contributed by atoms with Gasteiger partial charge in [0.1, 0.15) is 4.90 Å². The van der Waals surface area contributed by atoms with Gasteiger partial charge in [-0.15, -0.1) is 0 Å². The van der Waals surface area contributed by atoms with E-state index in [0.717, 1.165) is 11.5 Å². The third-order valence-corrected chi connectivity index (χ3v) is 4.65. The number of hydrogen-bond acceptors (Lipinski definition) is 4. The Hall–Kier alpha value is -3.23. The minimum absolute atomic E-state index is 0.0111. The number of aromatic carboxylic acids is 2. The van der Waals surface area contributed by atoms with E-state index >= 15 is 0 Å². The number of benzene rings is 3. The molecular formula is C19H16O7S. The van der Waals surface area contributed by atoms with E-state index in [2.05, 4.69) is 0 Å². The van der Waals surface area contributed by atoms with Gasteiger partial charge in [-0.1, -0.05) is 42.5 Å². The Bertz CT molecular complexity index is 1110. The number of carbonyl (C=O) groups is 2. The molecule has 0 aromatic heterocycles. The lowest BCUT2D eigenvalue weighted by Gasteiger charge is -2.02. The molecule has 0 bridgehead atoms. The largest absolute Gasteiger partial charge is 0.478 e. The molecule has 0 fully saturated rings. The molecular weight excluding hydrogens is 372 g/mol. The molecule has 3 aromatic rings. The lowest BCUT2D eigenvalue weighted by Crippen LogP contribution is -2.03. The van der Waals surface area contributed by atoms with Crippen LogP contribution in [0.3, 0.4) is 0 Å². The summed E-state index contributed by atoms with van der Waals surface area (Å²) < 4.78 is 31.0. The van der Waals surface area contributed by atoms with Crippen LogP contribution in [0, 0.1) is 6.92 Å².